The maximum absolute atomic E-state index is 6.13. The fraction of sp³-hybridized carbons (Fsp3) is 0.417. The molecule has 2 aromatic carbocycles. The lowest BCUT2D eigenvalue weighted by Gasteiger charge is -2.24. The van der Waals surface area contributed by atoms with E-state index in [1.54, 1.807) is 0 Å². The van der Waals surface area contributed by atoms with Crippen molar-refractivity contribution in [1.82, 2.24) is 10.6 Å². The first-order valence-electron chi connectivity index (χ1n) is 10.5. The molecule has 0 aromatic heterocycles. The predicted molar refractivity (Wildman–Crippen MR) is 122 cm³/mol. The van der Waals surface area contributed by atoms with Crippen molar-refractivity contribution < 1.29 is 0 Å². The van der Waals surface area contributed by atoms with E-state index >= 15 is 0 Å². The number of hydrogen-bond acceptors (Lipinski definition) is 4. The molecule has 0 bridgehead atoms. The van der Waals surface area contributed by atoms with Gasteiger partial charge in [0.05, 0.1) is 0 Å². The third-order valence-electron chi connectivity index (χ3n) is 5.55. The van der Waals surface area contributed by atoms with E-state index in [-0.39, 0.29) is 0 Å². The summed E-state index contributed by atoms with van der Waals surface area (Å²) in [5.74, 6) is 0. The molecule has 0 aliphatic heterocycles. The number of allylic oxidation sites excluding steroid dienone is 2. The molecular formula is C24H34N4. The lowest BCUT2D eigenvalue weighted by atomic mass is 9.95. The van der Waals surface area contributed by atoms with Crippen LogP contribution in [0.2, 0.25) is 0 Å². The highest BCUT2D eigenvalue weighted by atomic mass is 15.1. The van der Waals surface area contributed by atoms with Crippen molar-refractivity contribution in [3.8, 4) is 0 Å². The first-order chi connectivity index (χ1) is 13.7. The number of anilines is 1. The van der Waals surface area contributed by atoms with Crippen LogP contribution in [0.5, 0.6) is 0 Å². The Morgan fingerprint density at radius 2 is 1.82 bits per heavy atom. The molecule has 0 fully saturated rings. The molecule has 0 heterocycles. The summed E-state index contributed by atoms with van der Waals surface area (Å²) in [7, 11) is 0. The summed E-state index contributed by atoms with van der Waals surface area (Å²) in [5.41, 5.74) is 10.7. The fourth-order valence-electron chi connectivity index (χ4n) is 3.86. The first kappa shape index (κ1) is 20.3. The van der Waals surface area contributed by atoms with E-state index in [2.05, 4.69) is 71.5 Å². The standard InChI is InChI=1S/C24H34N4/c1-3-28(22-13-12-20-8-4-5-9-21(20)18-22)17-16-26-14-15-27-19(2)23-10-6-7-11-24(23)25/h4-5,8-9,12-13,18,26-27H,2-3,6-7,10-11,14-17,25H2,1H3. The van der Waals surface area contributed by atoms with Gasteiger partial charge >= 0.3 is 0 Å². The van der Waals surface area contributed by atoms with Gasteiger partial charge in [0, 0.05) is 49.8 Å². The number of nitrogens with zero attached hydrogens (tertiary/aromatic N) is 1. The van der Waals surface area contributed by atoms with Gasteiger partial charge in [-0.3, -0.25) is 0 Å². The minimum atomic E-state index is 0.873. The Hall–Kier alpha value is -2.46. The van der Waals surface area contributed by atoms with E-state index in [9.17, 15) is 0 Å². The topological polar surface area (TPSA) is 53.3 Å². The fourth-order valence-corrected chi connectivity index (χ4v) is 3.86. The van der Waals surface area contributed by atoms with Gasteiger partial charge < -0.3 is 21.3 Å². The van der Waals surface area contributed by atoms with Gasteiger partial charge in [-0.1, -0.05) is 36.9 Å². The van der Waals surface area contributed by atoms with E-state index in [1.807, 2.05) is 0 Å². The van der Waals surface area contributed by atoms with Crippen LogP contribution in [0, 0.1) is 0 Å². The number of fused-ring (bicyclic) bond motifs is 1. The van der Waals surface area contributed by atoms with Gasteiger partial charge in [0.15, 0.2) is 0 Å². The zero-order chi connectivity index (χ0) is 19.8. The van der Waals surface area contributed by atoms with Gasteiger partial charge in [-0.25, -0.2) is 0 Å². The summed E-state index contributed by atoms with van der Waals surface area (Å²) in [6, 6.07) is 15.2. The van der Waals surface area contributed by atoms with Crippen LogP contribution in [-0.4, -0.2) is 32.7 Å². The zero-order valence-corrected chi connectivity index (χ0v) is 17.1. The number of nitrogens with one attached hydrogen (secondary N) is 2. The van der Waals surface area contributed by atoms with Crippen molar-refractivity contribution in [2.45, 2.75) is 32.6 Å². The molecule has 0 saturated carbocycles. The van der Waals surface area contributed by atoms with Gasteiger partial charge in [-0.05, 0) is 61.1 Å². The first-order valence-corrected chi connectivity index (χ1v) is 10.5. The van der Waals surface area contributed by atoms with Gasteiger partial charge in [0.1, 0.15) is 0 Å². The summed E-state index contributed by atoms with van der Waals surface area (Å²) >= 11 is 0. The highest BCUT2D eigenvalue weighted by molar-refractivity contribution is 5.85. The Morgan fingerprint density at radius 3 is 2.61 bits per heavy atom. The zero-order valence-electron chi connectivity index (χ0n) is 17.1. The second-order valence-corrected chi connectivity index (χ2v) is 7.48. The van der Waals surface area contributed by atoms with Crippen LogP contribution in [0.3, 0.4) is 0 Å². The van der Waals surface area contributed by atoms with Gasteiger partial charge in [-0.15, -0.1) is 0 Å². The van der Waals surface area contributed by atoms with Crippen molar-refractivity contribution >= 4 is 16.5 Å². The van der Waals surface area contributed by atoms with Crippen LogP contribution >= 0.6 is 0 Å². The van der Waals surface area contributed by atoms with Crippen molar-refractivity contribution in [2.24, 2.45) is 5.73 Å². The van der Waals surface area contributed by atoms with E-state index < -0.39 is 0 Å². The Morgan fingerprint density at radius 1 is 1.04 bits per heavy atom. The smallest absolute Gasteiger partial charge is 0.0372 e. The molecule has 0 spiro atoms. The molecule has 0 saturated heterocycles. The molecule has 4 N–H and O–H groups in total. The highest BCUT2D eigenvalue weighted by Gasteiger charge is 2.12. The van der Waals surface area contributed by atoms with Crippen molar-refractivity contribution in [3.63, 3.8) is 0 Å². The summed E-state index contributed by atoms with van der Waals surface area (Å²) in [6.45, 7) is 11.1. The third kappa shape index (κ3) is 5.29. The molecule has 28 heavy (non-hydrogen) atoms. The molecule has 150 valence electrons. The highest BCUT2D eigenvalue weighted by Crippen LogP contribution is 2.25. The Bertz CT molecular complexity index is 824. The number of rotatable bonds is 10. The molecule has 0 atom stereocenters. The SMILES string of the molecule is C=C(NCCNCCN(CC)c1ccc2ccccc2c1)C1=C(N)CCCC1. The number of nitrogens with two attached hydrogens (primary N) is 1. The molecule has 1 aliphatic rings. The largest absolute Gasteiger partial charge is 0.402 e. The van der Waals surface area contributed by atoms with Gasteiger partial charge in [-0.2, -0.15) is 0 Å². The summed E-state index contributed by atoms with van der Waals surface area (Å²) in [6.07, 6.45) is 4.49. The van der Waals surface area contributed by atoms with E-state index in [0.29, 0.717) is 0 Å². The third-order valence-corrected chi connectivity index (χ3v) is 5.55. The van der Waals surface area contributed by atoms with Gasteiger partial charge in [0.25, 0.3) is 0 Å². The summed E-state index contributed by atoms with van der Waals surface area (Å²) < 4.78 is 0. The maximum atomic E-state index is 6.13. The van der Waals surface area contributed by atoms with Crippen molar-refractivity contribution in [1.29, 1.82) is 0 Å². The monoisotopic (exact) mass is 378 g/mol. The minimum Gasteiger partial charge on any atom is -0.402 e. The minimum absolute atomic E-state index is 0.873. The second-order valence-electron chi connectivity index (χ2n) is 7.48. The molecule has 3 rings (SSSR count). The summed E-state index contributed by atoms with van der Waals surface area (Å²) in [4.78, 5) is 2.42. The molecule has 0 radical (unpaired) electrons. The Labute approximate surface area is 169 Å². The molecule has 0 amide bonds. The lowest BCUT2D eigenvalue weighted by Crippen LogP contribution is -2.35. The molecule has 4 heteroatoms. The normalized spacial score (nSPS) is 14.3. The van der Waals surface area contributed by atoms with Crippen LogP contribution in [-0.2, 0) is 0 Å². The molecule has 4 nitrogen and oxygen atoms in total. The Balaban J connectivity index is 1.40. The lowest BCUT2D eigenvalue weighted by molar-refractivity contribution is 0.625. The maximum Gasteiger partial charge on any atom is 0.0372 e. The van der Waals surface area contributed by atoms with Crippen LogP contribution in [0.4, 0.5) is 5.69 Å². The molecular weight excluding hydrogens is 344 g/mol. The quantitative estimate of drug-likeness (QED) is 0.544. The van der Waals surface area contributed by atoms with E-state index in [1.165, 1.54) is 34.9 Å². The summed E-state index contributed by atoms with van der Waals surface area (Å²) in [5, 5.41) is 9.55. The van der Waals surface area contributed by atoms with Crippen LogP contribution in [0.1, 0.15) is 32.6 Å². The number of hydrogen-bond donors (Lipinski definition) is 3. The Kier molecular flexibility index (Phi) is 7.38. The van der Waals surface area contributed by atoms with Gasteiger partial charge in [0.2, 0.25) is 0 Å². The number of likely N-dealkylation sites (N-methyl/N-ethyl adjacent to an activating group) is 1. The van der Waals surface area contributed by atoms with E-state index in [4.69, 9.17) is 5.73 Å². The average molecular weight is 379 g/mol. The van der Waals surface area contributed by atoms with Crippen molar-refractivity contribution in [2.75, 3.05) is 37.6 Å². The van der Waals surface area contributed by atoms with Crippen LogP contribution in [0.25, 0.3) is 10.8 Å². The molecule has 0 unspecified atom stereocenters. The molecule has 1 aliphatic carbocycles. The average Bonchev–Trinajstić information content (AvgIpc) is 2.73. The van der Waals surface area contributed by atoms with Crippen molar-refractivity contribution in [3.05, 3.63) is 66.0 Å². The van der Waals surface area contributed by atoms with Crippen LogP contribution < -0.4 is 21.3 Å². The van der Waals surface area contributed by atoms with E-state index in [0.717, 1.165) is 57.0 Å². The molecule has 2 aromatic rings. The van der Waals surface area contributed by atoms with Crippen LogP contribution in [0.15, 0.2) is 66.0 Å². The predicted octanol–water partition coefficient (Wildman–Crippen LogP) is 4.15. The number of benzene rings is 2. The second kappa shape index (κ2) is 10.2.